The van der Waals surface area contributed by atoms with E-state index in [1.165, 1.54) is 0 Å². The van der Waals surface area contributed by atoms with Crippen molar-refractivity contribution in [3.8, 4) is 6.07 Å². The Morgan fingerprint density at radius 1 is 1.69 bits per heavy atom. The Hall–Kier alpha value is -0.540. The molecular formula is C11H11ClIN3. The van der Waals surface area contributed by atoms with Gasteiger partial charge in [-0.05, 0) is 41.5 Å². The summed E-state index contributed by atoms with van der Waals surface area (Å²) in [5, 5.41) is 9.49. The van der Waals surface area contributed by atoms with Crippen molar-refractivity contribution in [1.82, 2.24) is 4.98 Å². The van der Waals surface area contributed by atoms with Crippen LogP contribution in [0.25, 0.3) is 0 Å². The van der Waals surface area contributed by atoms with Crippen LogP contribution < -0.4 is 4.90 Å². The topological polar surface area (TPSA) is 39.9 Å². The lowest BCUT2D eigenvalue weighted by Crippen LogP contribution is -2.29. The third kappa shape index (κ3) is 2.25. The number of halogens is 2. The summed E-state index contributed by atoms with van der Waals surface area (Å²) in [7, 11) is 0. The van der Waals surface area contributed by atoms with E-state index >= 15 is 0 Å². The van der Waals surface area contributed by atoms with Gasteiger partial charge in [-0.25, -0.2) is 4.98 Å². The second-order valence-corrected chi connectivity index (χ2v) is 5.32. The van der Waals surface area contributed by atoms with Crippen molar-refractivity contribution in [3.05, 3.63) is 20.9 Å². The molecule has 1 atom stereocenters. The number of nitriles is 1. The number of hydrogen-bond donors (Lipinski definition) is 0. The zero-order chi connectivity index (χ0) is 11.5. The number of rotatable bonds is 2. The van der Waals surface area contributed by atoms with Crippen LogP contribution in [0.15, 0.2) is 12.3 Å². The molecule has 0 bridgehead atoms. The molecule has 1 fully saturated rings. The van der Waals surface area contributed by atoms with Crippen molar-refractivity contribution in [3.63, 3.8) is 0 Å². The molecule has 3 nitrogen and oxygen atoms in total. The molecule has 1 saturated heterocycles. The number of aromatic nitrogens is 1. The fraction of sp³-hybridized carbons (Fsp3) is 0.455. The van der Waals surface area contributed by atoms with E-state index in [0.717, 1.165) is 28.8 Å². The van der Waals surface area contributed by atoms with Crippen LogP contribution in [-0.4, -0.2) is 17.6 Å². The van der Waals surface area contributed by atoms with Gasteiger partial charge in [-0.1, -0.05) is 11.6 Å². The number of pyridine rings is 1. The summed E-state index contributed by atoms with van der Waals surface area (Å²) in [5.41, 5.74) is 0. The number of anilines is 1. The molecule has 0 N–H and O–H groups in total. The molecule has 16 heavy (non-hydrogen) atoms. The highest BCUT2D eigenvalue weighted by Crippen LogP contribution is 2.33. The number of hydrogen-bond acceptors (Lipinski definition) is 3. The van der Waals surface area contributed by atoms with E-state index < -0.39 is 0 Å². The van der Waals surface area contributed by atoms with E-state index in [4.69, 9.17) is 16.9 Å². The molecule has 2 heterocycles. The molecule has 1 unspecified atom stereocenters. The summed E-state index contributed by atoms with van der Waals surface area (Å²) in [6, 6.07) is 4.39. The summed E-state index contributed by atoms with van der Waals surface area (Å²) in [6.45, 7) is 0.944. The van der Waals surface area contributed by atoms with Gasteiger partial charge in [0.15, 0.2) is 0 Å². The van der Waals surface area contributed by atoms with Crippen LogP contribution in [-0.2, 0) is 0 Å². The Morgan fingerprint density at radius 3 is 3.25 bits per heavy atom. The fourth-order valence-corrected chi connectivity index (χ4v) is 2.66. The monoisotopic (exact) mass is 347 g/mol. The maximum absolute atomic E-state index is 8.78. The highest BCUT2D eigenvalue weighted by atomic mass is 127. The first-order chi connectivity index (χ1) is 7.74. The van der Waals surface area contributed by atoms with Crippen LogP contribution in [0.4, 0.5) is 5.82 Å². The van der Waals surface area contributed by atoms with E-state index in [0.29, 0.717) is 11.4 Å². The largest absolute Gasteiger partial charge is 0.351 e. The molecule has 0 aliphatic carbocycles. The fourth-order valence-electron chi connectivity index (χ4n) is 2.04. The second kappa shape index (κ2) is 5.19. The van der Waals surface area contributed by atoms with Gasteiger partial charge in [-0.3, -0.25) is 0 Å². The lowest BCUT2D eigenvalue weighted by Gasteiger charge is -2.24. The zero-order valence-electron chi connectivity index (χ0n) is 8.66. The molecule has 0 saturated carbocycles. The predicted molar refractivity (Wildman–Crippen MR) is 72.6 cm³/mol. The molecular weight excluding hydrogens is 336 g/mol. The van der Waals surface area contributed by atoms with Crippen LogP contribution in [0.1, 0.15) is 19.3 Å². The average molecular weight is 348 g/mol. The van der Waals surface area contributed by atoms with Crippen molar-refractivity contribution in [2.75, 3.05) is 11.4 Å². The summed E-state index contributed by atoms with van der Waals surface area (Å²) in [4.78, 5) is 6.49. The Kier molecular flexibility index (Phi) is 3.87. The third-order valence-corrected chi connectivity index (χ3v) is 4.39. The highest BCUT2D eigenvalue weighted by Gasteiger charge is 2.27. The minimum Gasteiger partial charge on any atom is -0.351 e. The van der Waals surface area contributed by atoms with E-state index in [9.17, 15) is 0 Å². The van der Waals surface area contributed by atoms with Crippen LogP contribution in [0, 0.1) is 14.9 Å². The summed E-state index contributed by atoms with van der Waals surface area (Å²) >= 11 is 8.45. The Labute approximate surface area is 114 Å². The molecule has 1 aliphatic heterocycles. The lowest BCUT2D eigenvalue weighted by molar-refractivity contribution is 0.677. The van der Waals surface area contributed by atoms with Gasteiger partial charge in [-0.2, -0.15) is 5.26 Å². The van der Waals surface area contributed by atoms with Crippen molar-refractivity contribution in [2.45, 2.75) is 25.3 Å². The third-order valence-electron chi connectivity index (χ3n) is 2.80. The van der Waals surface area contributed by atoms with E-state index in [1.54, 1.807) is 6.20 Å². The Morgan fingerprint density at radius 2 is 2.50 bits per heavy atom. The van der Waals surface area contributed by atoms with Crippen molar-refractivity contribution in [1.29, 1.82) is 5.26 Å². The summed E-state index contributed by atoms with van der Waals surface area (Å²) in [5.74, 6) is 0.825. The minimum atomic E-state index is 0.271. The average Bonchev–Trinajstić information content (AvgIpc) is 2.71. The van der Waals surface area contributed by atoms with Crippen molar-refractivity contribution >= 4 is 40.0 Å². The molecule has 5 heteroatoms. The van der Waals surface area contributed by atoms with Gasteiger partial charge in [0.05, 0.1) is 17.5 Å². The van der Waals surface area contributed by atoms with Crippen LogP contribution >= 0.6 is 34.2 Å². The molecule has 0 aromatic carbocycles. The molecule has 0 spiro atoms. The Balaban J connectivity index is 2.30. The lowest BCUT2D eigenvalue weighted by atomic mass is 10.1. The van der Waals surface area contributed by atoms with E-state index in [-0.39, 0.29) is 6.04 Å². The van der Waals surface area contributed by atoms with Gasteiger partial charge in [0.1, 0.15) is 5.82 Å². The molecule has 84 valence electrons. The first-order valence-electron chi connectivity index (χ1n) is 5.17. The zero-order valence-corrected chi connectivity index (χ0v) is 11.6. The summed E-state index contributed by atoms with van der Waals surface area (Å²) in [6.07, 6.45) is 4.47. The minimum absolute atomic E-state index is 0.271. The van der Waals surface area contributed by atoms with Crippen molar-refractivity contribution < 1.29 is 0 Å². The van der Waals surface area contributed by atoms with Gasteiger partial charge < -0.3 is 4.90 Å². The highest BCUT2D eigenvalue weighted by molar-refractivity contribution is 14.1. The van der Waals surface area contributed by atoms with Gasteiger partial charge in [0.2, 0.25) is 0 Å². The second-order valence-electron chi connectivity index (χ2n) is 3.78. The van der Waals surface area contributed by atoms with E-state index in [1.807, 2.05) is 6.07 Å². The molecule has 0 radical (unpaired) electrons. The quantitative estimate of drug-likeness (QED) is 0.771. The SMILES string of the molecule is N#CCC1CCCN1c1nccc(I)c1Cl. The van der Waals surface area contributed by atoms with Gasteiger partial charge in [0, 0.05) is 22.4 Å². The molecule has 2 rings (SSSR count). The van der Waals surface area contributed by atoms with E-state index in [2.05, 4.69) is 38.5 Å². The molecule has 0 amide bonds. The maximum Gasteiger partial charge on any atom is 0.148 e. The molecule has 1 aromatic heterocycles. The maximum atomic E-state index is 8.78. The standard InChI is InChI=1S/C11H11ClIN3/c12-10-9(13)4-6-15-11(10)16-7-1-2-8(16)3-5-14/h4,6,8H,1-3,7H2. The van der Waals surface area contributed by atoms with Crippen LogP contribution in [0.5, 0.6) is 0 Å². The molecule has 1 aromatic rings. The summed E-state index contributed by atoms with van der Waals surface area (Å²) < 4.78 is 1.01. The predicted octanol–water partition coefficient (Wildman–Crippen LogP) is 3.22. The van der Waals surface area contributed by atoms with Crippen LogP contribution in [0.3, 0.4) is 0 Å². The number of nitrogens with zero attached hydrogens (tertiary/aromatic N) is 3. The molecule has 1 aliphatic rings. The van der Waals surface area contributed by atoms with Gasteiger partial charge in [-0.15, -0.1) is 0 Å². The van der Waals surface area contributed by atoms with Crippen LogP contribution in [0.2, 0.25) is 5.02 Å². The Bertz CT molecular complexity index is 430. The van der Waals surface area contributed by atoms with Gasteiger partial charge >= 0.3 is 0 Å². The van der Waals surface area contributed by atoms with Crippen molar-refractivity contribution in [2.24, 2.45) is 0 Å². The normalized spacial score (nSPS) is 19.8. The first-order valence-corrected chi connectivity index (χ1v) is 6.63. The first kappa shape index (κ1) is 11.9. The smallest absolute Gasteiger partial charge is 0.148 e. The van der Waals surface area contributed by atoms with Gasteiger partial charge in [0.25, 0.3) is 0 Å².